The van der Waals surface area contributed by atoms with Crippen LogP contribution in [0.5, 0.6) is 5.75 Å². The maximum Gasteiger partial charge on any atom is 0.257 e. The Bertz CT molecular complexity index is 1150. The average Bonchev–Trinajstić information content (AvgIpc) is 3.60. The van der Waals surface area contributed by atoms with Gasteiger partial charge in [-0.15, -0.1) is 31.7 Å². The van der Waals surface area contributed by atoms with E-state index in [4.69, 9.17) is 9.15 Å². The fraction of sp³-hybridized carbons (Fsp3) is 0.391. The fourth-order valence-corrected chi connectivity index (χ4v) is 5.66. The van der Waals surface area contributed by atoms with Gasteiger partial charge in [0.05, 0.1) is 17.2 Å². The molecule has 0 aliphatic heterocycles. The summed E-state index contributed by atoms with van der Waals surface area (Å²) in [6, 6.07) is 12.4. The zero-order valence-corrected chi connectivity index (χ0v) is 19.7. The van der Waals surface area contributed by atoms with E-state index >= 15 is 0 Å². The molecule has 32 heavy (non-hydrogen) atoms. The number of hydrogen-bond acceptors (Lipinski definition) is 8. The Morgan fingerprint density at radius 2 is 1.88 bits per heavy atom. The minimum absolute atomic E-state index is 0.0357. The van der Waals surface area contributed by atoms with Gasteiger partial charge in [0.1, 0.15) is 5.75 Å². The van der Waals surface area contributed by atoms with Crippen LogP contribution in [-0.2, 0) is 0 Å². The summed E-state index contributed by atoms with van der Waals surface area (Å²) in [5, 5.41) is 20.6. The van der Waals surface area contributed by atoms with Crippen molar-refractivity contribution in [2.45, 2.75) is 55.5 Å². The summed E-state index contributed by atoms with van der Waals surface area (Å²) in [6.45, 7) is 2.07. The number of methoxy groups -OCH3 is 1. The third-order valence-electron chi connectivity index (χ3n) is 5.76. The third-order valence-corrected chi connectivity index (χ3v) is 7.66. The van der Waals surface area contributed by atoms with Crippen LogP contribution in [0.4, 0.5) is 0 Å². The number of nitrogens with zero attached hydrogens (tertiary/aromatic N) is 5. The molecule has 0 N–H and O–H groups in total. The molecule has 3 aromatic heterocycles. The van der Waals surface area contributed by atoms with Gasteiger partial charge in [0, 0.05) is 11.6 Å². The Hall–Kier alpha value is -2.65. The second kappa shape index (κ2) is 9.46. The number of aromatic nitrogens is 5. The van der Waals surface area contributed by atoms with E-state index in [-0.39, 0.29) is 5.25 Å². The lowest BCUT2D eigenvalue weighted by atomic mass is 9.95. The van der Waals surface area contributed by atoms with E-state index in [0.717, 1.165) is 40.0 Å². The predicted octanol–water partition coefficient (Wildman–Crippen LogP) is 6.42. The van der Waals surface area contributed by atoms with Crippen LogP contribution in [0.3, 0.4) is 0 Å². The van der Waals surface area contributed by atoms with E-state index in [1.807, 2.05) is 41.8 Å². The molecule has 1 atom stereocenters. The molecule has 1 aliphatic rings. The van der Waals surface area contributed by atoms with Crippen molar-refractivity contribution in [1.29, 1.82) is 0 Å². The molecule has 0 saturated heterocycles. The standard InChI is InChI=1S/C23H25N5O2S2/c1-15(21-25-26-22(30-21)19-9-6-14-31-19)32-23-27-24-20(16-10-12-18(29-2)13-11-16)28(23)17-7-4-3-5-8-17/h6,9-15,17H,3-5,7-8H2,1-2H3/t15-/m1/s1. The van der Waals surface area contributed by atoms with Crippen molar-refractivity contribution in [2.75, 3.05) is 7.11 Å². The molecule has 1 fully saturated rings. The lowest BCUT2D eigenvalue weighted by Crippen LogP contribution is -2.15. The zero-order valence-electron chi connectivity index (χ0n) is 18.1. The van der Waals surface area contributed by atoms with Crippen LogP contribution in [0.1, 0.15) is 56.2 Å². The van der Waals surface area contributed by atoms with Gasteiger partial charge in [-0.2, -0.15) is 0 Å². The summed E-state index contributed by atoms with van der Waals surface area (Å²) in [7, 11) is 1.68. The molecule has 7 nitrogen and oxygen atoms in total. The third kappa shape index (κ3) is 4.31. The van der Waals surface area contributed by atoms with Gasteiger partial charge in [0.2, 0.25) is 5.89 Å². The molecule has 4 aromatic rings. The second-order valence-corrected chi connectivity index (χ2v) is 10.1. The van der Waals surface area contributed by atoms with E-state index in [9.17, 15) is 0 Å². The molecule has 9 heteroatoms. The first-order valence-corrected chi connectivity index (χ1v) is 12.6. The van der Waals surface area contributed by atoms with Gasteiger partial charge in [-0.05, 0) is 55.5 Å². The molecule has 0 amide bonds. The van der Waals surface area contributed by atoms with Crippen molar-refractivity contribution in [1.82, 2.24) is 25.0 Å². The van der Waals surface area contributed by atoms with Gasteiger partial charge in [-0.1, -0.05) is 37.1 Å². The fourth-order valence-electron chi connectivity index (χ4n) is 4.07. The maximum atomic E-state index is 5.96. The van der Waals surface area contributed by atoms with Crippen molar-refractivity contribution in [3.05, 3.63) is 47.7 Å². The van der Waals surface area contributed by atoms with Crippen molar-refractivity contribution >= 4 is 23.1 Å². The highest BCUT2D eigenvalue weighted by molar-refractivity contribution is 7.99. The predicted molar refractivity (Wildman–Crippen MR) is 126 cm³/mol. The highest BCUT2D eigenvalue weighted by Crippen LogP contribution is 2.40. The number of thioether (sulfide) groups is 1. The van der Waals surface area contributed by atoms with E-state index in [0.29, 0.717) is 17.8 Å². The second-order valence-electron chi connectivity index (χ2n) is 7.88. The Balaban J connectivity index is 1.44. The highest BCUT2D eigenvalue weighted by Gasteiger charge is 2.26. The first-order chi connectivity index (χ1) is 15.7. The molecular formula is C23H25N5O2S2. The van der Waals surface area contributed by atoms with Gasteiger partial charge in [-0.3, -0.25) is 4.57 Å². The van der Waals surface area contributed by atoms with Crippen LogP contribution >= 0.6 is 23.1 Å². The van der Waals surface area contributed by atoms with Gasteiger partial charge < -0.3 is 9.15 Å². The first kappa shape index (κ1) is 21.2. The van der Waals surface area contributed by atoms with Crippen molar-refractivity contribution in [2.24, 2.45) is 0 Å². The Morgan fingerprint density at radius 1 is 1.06 bits per heavy atom. The molecule has 1 aromatic carbocycles. The van der Waals surface area contributed by atoms with Crippen molar-refractivity contribution < 1.29 is 9.15 Å². The van der Waals surface area contributed by atoms with E-state index in [1.54, 1.807) is 30.2 Å². The number of benzene rings is 1. The summed E-state index contributed by atoms with van der Waals surface area (Å²) in [5.41, 5.74) is 1.04. The minimum Gasteiger partial charge on any atom is -0.497 e. The topological polar surface area (TPSA) is 78.9 Å². The molecule has 0 spiro atoms. The molecule has 1 saturated carbocycles. The van der Waals surface area contributed by atoms with Crippen molar-refractivity contribution in [3.8, 4) is 27.9 Å². The van der Waals surface area contributed by atoms with Gasteiger partial charge in [0.25, 0.3) is 5.89 Å². The lowest BCUT2D eigenvalue weighted by molar-refractivity contribution is 0.339. The van der Waals surface area contributed by atoms with Gasteiger partial charge >= 0.3 is 0 Å². The monoisotopic (exact) mass is 467 g/mol. The summed E-state index contributed by atoms with van der Waals surface area (Å²) in [5.74, 6) is 2.90. The largest absolute Gasteiger partial charge is 0.497 e. The summed E-state index contributed by atoms with van der Waals surface area (Å²) in [6.07, 6.45) is 6.05. The SMILES string of the molecule is COc1ccc(-c2nnc(S[C@H](C)c3nnc(-c4cccs4)o3)n2C2CCCCC2)cc1. The molecule has 0 radical (unpaired) electrons. The average molecular weight is 468 g/mol. The van der Waals surface area contributed by atoms with E-state index in [1.165, 1.54) is 19.3 Å². The normalized spacial score (nSPS) is 15.7. The number of rotatable bonds is 7. The molecule has 0 bridgehead atoms. The van der Waals surface area contributed by atoms with Crippen LogP contribution in [0, 0.1) is 0 Å². The van der Waals surface area contributed by atoms with Gasteiger partial charge in [0.15, 0.2) is 11.0 Å². The molecule has 5 rings (SSSR count). The number of thiophene rings is 1. The van der Waals surface area contributed by atoms with Crippen LogP contribution in [0.15, 0.2) is 51.4 Å². The first-order valence-electron chi connectivity index (χ1n) is 10.9. The molecule has 166 valence electrons. The lowest BCUT2D eigenvalue weighted by Gasteiger charge is -2.26. The van der Waals surface area contributed by atoms with Crippen LogP contribution in [0.2, 0.25) is 0 Å². The highest BCUT2D eigenvalue weighted by atomic mass is 32.2. The Labute approximate surface area is 195 Å². The minimum atomic E-state index is -0.0357. The Kier molecular flexibility index (Phi) is 6.27. The molecule has 1 aliphatic carbocycles. The molecular weight excluding hydrogens is 442 g/mol. The Morgan fingerprint density at radius 3 is 2.59 bits per heavy atom. The quantitative estimate of drug-likeness (QED) is 0.290. The van der Waals surface area contributed by atoms with Crippen LogP contribution in [-0.4, -0.2) is 32.1 Å². The molecule has 3 heterocycles. The maximum absolute atomic E-state index is 5.96. The van der Waals surface area contributed by atoms with Gasteiger partial charge in [-0.25, -0.2) is 0 Å². The molecule has 0 unspecified atom stereocenters. The summed E-state index contributed by atoms with van der Waals surface area (Å²) >= 11 is 3.21. The zero-order chi connectivity index (χ0) is 21.9. The number of hydrogen-bond donors (Lipinski definition) is 0. The number of ether oxygens (including phenoxy) is 1. The van der Waals surface area contributed by atoms with E-state index < -0.39 is 0 Å². The van der Waals surface area contributed by atoms with Crippen LogP contribution < -0.4 is 4.74 Å². The smallest absolute Gasteiger partial charge is 0.257 e. The summed E-state index contributed by atoms with van der Waals surface area (Å²) in [4.78, 5) is 0.980. The van der Waals surface area contributed by atoms with Crippen LogP contribution in [0.25, 0.3) is 22.2 Å². The summed E-state index contributed by atoms with van der Waals surface area (Å²) < 4.78 is 13.6. The van der Waals surface area contributed by atoms with Crippen molar-refractivity contribution in [3.63, 3.8) is 0 Å². The van der Waals surface area contributed by atoms with E-state index in [2.05, 4.69) is 31.9 Å².